The molecule has 2 aliphatic rings. The van der Waals surface area contributed by atoms with Crippen LogP contribution in [0.4, 0.5) is 4.39 Å². The van der Waals surface area contributed by atoms with E-state index in [0.29, 0.717) is 6.54 Å². The van der Waals surface area contributed by atoms with Crippen LogP contribution in [0.1, 0.15) is 77.1 Å². The lowest BCUT2D eigenvalue weighted by atomic mass is 9.92. The van der Waals surface area contributed by atoms with Gasteiger partial charge in [-0.05, 0) is 81.2 Å². The number of likely N-dealkylation sites (tertiary alicyclic amines) is 1. The zero-order chi connectivity index (χ0) is 22.8. The number of hydrogen-bond donors (Lipinski definition) is 0. The molecule has 6 heteroatoms. The molecule has 1 amide bonds. The Morgan fingerprint density at radius 3 is 2.61 bits per heavy atom. The van der Waals surface area contributed by atoms with E-state index >= 15 is 0 Å². The molecule has 5 rings (SSSR count). The van der Waals surface area contributed by atoms with Crippen LogP contribution in [-0.2, 0) is 25.8 Å². The van der Waals surface area contributed by atoms with Crippen LogP contribution in [0.3, 0.4) is 0 Å². The number of piperidine rings is 1. The zero-order valence-corrected chi connectivity index (χ0v) is 19.3. The van der Waals surface area contributed by atoms with Crippen LogP contribution in [0.25, 0.3) is 0 Å². The first kappa shape index (κ1) is 21.8. The molecule has 1 aliphatic carbocycles. The molecule has 1 aliphatic heterocycles. The minimum Gasteiger partial charge on any atom is -0.337 e. The van der Waals surface area contributed by atoms with E-state index in [-0.39, 0.29) is 17.6 Å². The van der Waals surface area contributed by atoms with Crippen molar-refractivity contribution in [1.82, 2.24) is 19.7 Å². The van der Waals surface area contributed by atoms with Gasteiger partial charge in [0.15, 0.2) is 0 Å². The van der Waals surface area contributed by atoms with Crippen molar-refractivity contribution in [3.63, 3.8) is 0 Å². The summed E-state index contributed by atoms with van der Waals surface area (Å²) >= 11 is 0. The van der Waals surface area contributed by atoms with Crippen molar-refractivity contribution in [2.24, 2.45) is 0 Å². The van der Waals surface area contributed by atoms with E-state index in [2.05, 4.69) is 19.1 Å². The summed E-state index contributed by atoms with van der Waals surface area (Å²) in [6, 6.07) is 10.8. The topological polar surface area (TPSA) is 51.0 Å². The van der Waals surface area contributed by atoms with E-state index in [1.165, 1.54) is 17.7 Å². The molecule has 1 saturated heterocycles. The molecular weight excluding hydrogens is 415 g/mol. The Bertz CT molecular complexity index is 1120. The van der Waals surface area contributed by atoms with Crippen LogP contribution in [0.15, 0.2) is 42.6 Å². The Balaban J connectivity index is 1.29. The molecule has 1 aromatic carbocycles. The number of aromatic nitrogens is 3. The lowest BCUT2D eigenvalue weighted by Crippen LogP contribution is -2.40. The van der Waals surface area contributed by atoms with Crippen molar-refractivity contribution in [2.45, 2.75) is 64.3 Å². The lowest BCUT2D eigenvalue weighted by molar-refractivity contribution is 0.0692. The summed E-state index contributed by atoms with van der Waals surface area (Å²) in [5.41, 5.74) is 6.33. The molecule has 5 nitrogen and oxygen atoms in total. The molecule has 0 spiro atoms. The lowest BCUT2D eigenvalue weighted by Gasteiger charge is -2.33. The molecule has 0 N–H and O–H groups in total. The van der Waals surface area contributed by atoms with Gasteiger partial charge in [-0.1, -0.05) is 18.2 Å². The van der Waals surface area contributed by atoms with Crippen molar-refractivity contribution < 1.29 is 9.18 Å². The van der Waals surface area contributed by atoms with Crippen LogP contribution < -0.4 is 0 Å². The second-order valence-corrected chi connectivity index (χ2v) is 9.28. The smallest absolute Gasteiger partial charge is 0.272 e. The normalized spacial score (nSPS) is 18.2. The summed E-state index contributed by atoms with van der Waals surface area (Å²) in [7, 11) is 0. The molecule has 0 bridgehead atoms. The molecule has 0 saturated carbocycles. The van der Waals surface area contributed by atoms with Gasteiger partial charge in [-0.3, -0.25) is 14.5 Å². The van der Waals surface area contributed by atoms with Gasteiger partial charge < -0.3 is 4.90 Å². The van der Waals surface area contributed by atoms with E-state index in [1.807, 2.05) is 27.9 Å². The van der Waals surface area contributed by atoms with Gasteiger partial charge in [0.25, 0.3) is 5.91 Å². The van der Waals surface area contributed by atoms with E-state index in [4.69, 9.17) is 10.1 Å². The van der Waals surface area contributed by atoms with Gasteiger partial charge in [0.1, 0.15) is 11.5 Å². The highest BCUT2D eigenvalue weighted by Gasteiger charge is 2.31. The highest BCUT2D eigenvalue weighted by molar-refractivity contribution is 5.94. The highest BCUT2D eigenvalue weighted by atomic mass is 19.1. The molecule has 1 fully saturated rings. The number of rotatable bonds is 5. The summed E-state index contributed by atoms with van der Waals surface area (Å²) < 4.78 is 15.1. The van der Waals surface area contributed by atoms with Gasteiger partial charge in [0, 0.05) is 43.0 Å². The Hall–Kier alpha value is -3.02. The zero-order valence-electron chi connectivity index (χ0n) is 19.3. The second kappa shape index (κ2) is 9.46. The van der Waals surface area contributed by atoms with Gasteiger partial charge in [0.2, 0.25) is 0 Å². The van der Waals surface area contributed by atoms with Crippen molar-refractivity contribution in [3.05, 3.63) is 82.2 Å². The van der Waals surface area contributed by atoms with Gasteiger partial charge in [-0.25, -0.2) is 4.39 Å². The molecule has 2 aromatic heterocycles. The fraction of sp³-hybridized carbons (Fsp3) is 0.444. The maximum atomic E-state index is 13.6. The second-order valence-electron chi connectivity index (χ2n) is 9.28. The first-order chi connectivity index (χ1) is 16.1. The van der Waals surface area contributed by atoms with E-state index in [0.717, 1.165) is 86.2 Å². The number of nitrogens with zero attached hydrogens (tertiary/aromatic N) is 4. The largest absolute Gasteiger partial charge is 0.337 e. The van der Waals surface area contributed by atoms with Crippen molar-refractivity contribution in [1.29, 1.82) is 0 Å². The number of aryl methyl sites for hydroxylation is 2. The molecule has 172 valence electrons. The van der Waals surface area contributed by atoms with Crippen LogP contribution in [-0.4, -0.2) is 38.7 Å². The minimum absolute atomic E-state index is 0.130. The Kier molecular flexibility index (Phi) is 6.25. The Morgan fingerprint density at radius 2 is 1.85 bits per heavy atom. The van der Waals surface area contributed by atoms with Crippen LogP contribution in [0.5, 0.6) is 0 Å². The standard InChI is InChI=1S/C27H31FN4O/c1-2-32-26(23-7-3-4-8-25(23)30-32)27(33)31-15-5-6-21(18-31)24-14-11-20(17-29-24)16-19-9-12-22(28)13-10-19/h9-14,17,21H,2-8,15-16,18H2,1H3. The first-order valence-electron chi connectivity index (χ1n) is 12.2. The van der Waals surface area contributed by atoms with Crippen molar-refractivity contribution >= 4 is 5.91 Å². The van der Waals surface area contributed by atoms with E-state index in [1.54, 1.807) is 0 Å². The third-order valence-electron chi connectivity index (χ3n) is 7.02. The molecule has 33 heavy (non-hydrogen) atoms. The number of fused-ring (bicyclic) bond motifs is 1. The Morgan fingerprint density at radius 1 is 1.06 bits per heavy atom. The summed E-state index contributed by atoms with van der Waals surface area (Å²) in [6.45, 7) is 4.28. The molecular formula is C27H31FN4O. The number of hydrogen-bond acceptors (Lipinski definition) is 3. The van der Waals surface area contributed by atoms with Crippen LogP contribution in [0, 0.1) is 5.82 Å². The monoisotopic (exact) mass is 446 g/mol. The summed E-state index contributed by atoms with van der Waals surface area (Å²) in [5, 5.41) is 4.75. The molecule has 1 atom stereocenters. The number of benzene rings is 1. The fourth-order valence-corrected chi connectivity index (χ4v) is 5.25. The predicted molar refractivity (Wildman–Crippen MR) is 126 cm³/mol. The van der Waals surface area contributed by atoms with E-state index < -0.39 is 0 Å². The van der Waals surface area contributed by atoms with Crippen molar-refractivity contribution in [2.75, 3.05) is 13.1 Å². The SMILES string of the molecule is CCn1nc2c(c1C(=O)N1CCCC(c3ccc(Cc4ccc(F)cc4)cn3)C1)CCCC2. The maximum absolute atomic E-state index is 13.6. The third kappa shape index (κ3) is 4.56. The molecule has 0 radical (unpaired) electrons. The maximum Gasteiger partial charge on any atom is 0.272 e. The first-order valence-corrected chi connectivity index (χ1v) is 12.2. The van der Waals surface area contributed by atoms with Crippen LogP contribution >= 0.6 is 0 Å². The molecule has 3 aromatic rings. The number of pyridine rings is 1. The average molecular weight is 447 g/mol. The number of carbonyl (C=O) groups excluding carboxylic acids is 1. The minimum atomic E-state index is -0.217. The fourth-order valence-electron chi connectivity index (χ4n) is 5.25. The summed E-state index contributed by atoms with van der Waals surface area (Å²) in [6.07, 6.45) is 8.92. The van der Waals surface area contributed by atoms with Crippen molar-refractivity contribution in [3.8, 4) is 0 Å². The van der Waals surface area contributed by atoms with E-state index in [9.17, 15) is 9.18 Å². The quantitative estimate of drug-likeness (QED) is 0.559. The van der Waals surface area contributed by atoms with Gasteiger partial charge in [-0.15, -0.1) is 0 Å². The number of amides is 1. The average Bonchev–Trinajstić information content (AvgIpc) is 3.24. The van der Waals surface area contributed by atoms with Crippen LogP contribution in [0.2, 0.25) is 0 Å². The number of carbonyl (C=O) groups is 1. The summed E-state index contributed by atoms with van der Waals surface area (Å²) in [4.78, 5) is 20.3. The van der Waals surface area contributed by atoms with Gasteiger partial charge in [0.05, 0.1) is 5.69 Å². The molecule has 1 unspecified atom stereocenters. The van der Waals surface area contributed by atoms with Gasteiger partial charge in [-0.2, -0.15) is 5.10 Å². The Labute approximate surface area is 194 Å². The highest BCUT2D eigenvalue weighted by Crippen LogP contribution is 2.30. The molecule has 3 heterocycles. The van der Waals surface area contributed by atoms with Gasteiger partial charge >= 0.3 is 0 Å². The predicted octanol–water partition coefficient (Wildman–Crippen LogP) is 4.93. The summed E-state index contributed by atoms with van der Waals surface area (Å²) in [5.74, 6) is 0.160. The number of halogens is 1. The third-order valence-corrected chi connectivity index (χ3v) is 7.02.